The smallest absolute Gasteiger partial charge is 0.262 e. The van der Waals surface area contributed by atoms with Crippen molar-refractivity contribution in [3.63, 3.8) is 0 Å². The maximum atomic E-state index is 13.0. The zero-order valence-electron chi connectivity index (χ0n) is 17.6. The van der Waals surface area contributed by atoms with Gasteiger partial charge in [0, 0.05) is 39.4 Å². The number of aryl methyl sites for hydroxylation is 2. The molecule has 0 bridgehead atoms. The molecule has 0 unspecified atom stereocenters. The maximum Gasteiger partial charge on any atom is 0.262 e. The van der Waals surface area contributed by atoms with Gasteiger partial charge in [0.15, 0.2) is 5.03 Å². The normalized spacial score (nSPS) is 17.2. The molecule has 9 nitrogen and oxygen atoms in total. The molecule has 0 saturated carbocycles. The van der Waals surface area contributed by atoms with Crippen molar-refractivity contribution in [1.29, 1.82) is 0 Å². The molecule has 2 aromatic rings. The molecule has 1 saturated heterocycles. The molecule has 0 spiro atoms. The second-order valence-corrected chi connectivity index (χ2v) is 11.4. The summed E-state index contributed by atoms with van der Waals surface area (Å²) in [6.45, 7) is 6.17. The molecule has 11 heteroatoms. The van der Waals surface area contributed by atoms with Gasteiger partial charge in [0.25, 0.3) is 10.0 Å². The predicted molar refractivity (Wildman–Crippen MR) is 112 cm³/mol. The fourth-order valence-electron chi connectivity index (χ4n) is 3.25. The molecular weight excluding hydrogens is 428 g/mol. The summed E-state index contributed by atoms with van der Waals surface area (Å²) in [6.07, 6.45) is 1.87. The number of rotatable bonds is 6. The fraction of sp³-hybridized carbons (Fsp3) is 0.526. The topological polar surface area (TPSA) is 102 Å². The van der Waals surface area contributed by atoms with E-state index in [0.717, 1.165) is 0 Å². The lowest BCUT2D eigenvalue weighted by Gasteiger charge is -2.21. The lowest BCUT2D eigenvalue weighted by atomic mass is 10.3. The Bertz CT molecular complexity index is 1070. The fourth-order valence-corrected chi connectivity index (χ4v) is 6.21. The third kappa shape index (κ3) is 4.69. The van der Waals surface area contributed by atoms with Gasteiger partial charge in [-0.1, -0.05) is 0 Å². The molecule has 3 rings (SSSR count). The summed E-state index contributed by atoms with van der Waals surface area (Å²) in [5.74, 6) is 1.19. The van der Waals surface area contributed by atoms with Gasteiger partial charge in [0.1, 0.15) is 11.6 Å². The van der Waals surface area contributed by atoms with E-state index in [1.54, 1.807) is 30.7 Å². The van der Waals surface area contributed by atoms with Gasteiger partial charge >= 0.3 is 0 Å². The number of hydrogen-bond acceptors (Lipinski definition) is 6. The lowest BCUT2D eigenvalue weighted by Crippen LogP contribution is -2.37. The summed E-state index contributed by atoms with van der Waals surface area (Å²) in [6, 6.07) is 6.29. The Morgan fingerprint density at radius 1 is 0.933 bits per heavy atom. The molecule has 1 aliphatic heterocycles. The first-order valence-electron chi connectivity index (χ1n) is 9.79. The van der Waals surface area contributed by atoms with Gasteiger partial charge in [0.2, 0.25) is 10.0 Å². The maximum absolute atomic E-state index is 13.0. The predicted octanol–water partition coefficient (Wildman–Crippen LogP) is 1.60. The van der Waals surface area contributed by atoms with E-state index < -0.39 is 20.0 Å². The van der Waals surface area contributed by atoms with Crippen LogP contribution >= 0.6 is 0 Å². The number of ether oxygens (including phenoxy) is 1. The molecule has 0 aliphatic carbocycles. The van der Waals surface area contributed by atoms with Crippen LogP contribution in [0.5, 0.6) is 5.75 Å². The van der Waals surface area contributed by atoms with Crippen LogP contribution in [0.3, 0.4) is 0 Å². The van der Waals surface area contributed by atoms with E-state index in [1.165, 1.54) is 26.9 Å². The highest BCUT2D eigenvalue weighted by Gasteiger charge is 2.33. The largest absolute Gasteiger partial charge is 0.491 e. The van der Waals surface area contributed by atoms with Crippen LogP contribution in [-0.2, 0) is 27.1 Å². The summed E-state index contributed by atoms with van der Waals surface area (Å²) in [5, 5.41) is -0.0143. The van der Waals surface area contributed by atoms with Crippen LogP contribution in [-0.4, -0.2) is 67.3 Å². The van der Waals surface area contributed by atoms with Gasteiger partial charge in [0.05, 0.1) is 11.0 Å². The molecule has 1 aromatic heterocycles. The number of aromatic nitrogens is 2. The molecule has 2 heterocycles. The van der Waals surface area contributed by atoms with Crippen LogP contribution in [0.1, 0.15) is 26.1 Å². The third-order valence-corrected chi connectivity index (χ3v) is 8.62. The second-order valence-electron chi connectivity index (χ2n) is 7.54. The van der Waals surface area contributed by atoms with Crippen LogP contribution in [0.4, 0.5) is 0 Å². The second kappa shape index (κ2) is 8.66. The highest BCUT2D eigenvalue weighted by molar-refractivity contribution is 7.89. The molecule has 0 N–H and O–H groups in total. The first-order valence-corrected chi connectivity index (χ1v) is 12.7. The standard InChI is InChI=1S/C19H28N4O5S2/c1-15(2)28-17-6-8-18(9-7-17)29(24,25)22-10-5-11-23(13-12-22)30(26,27)19-14-21(4)16(3)20-19/h6-9,14-15H,5,10-13H2,1-4H3. The van der Waals surface area contributed by atoms with Crippen molar-refractivity contribution < 1.29 is 21.6 Å². The third-order valence-electron chi connectivity index (χ3n) is 4.94. The number of hydrogen-bond donors (Lipinski definition) is 0. The molecule has 0 amide bonds. The van der Waals surface area contributed by atoms with E-state index in [0.29, 0.717) is 18.0 Å². The Morgan fingerprint density at radius 3 is 2.00 bits per heavy atom. The minimum atomic E-state index is -3.77. The molecule has 166 valence electrons. The molecular formula is C19H28N4O5S2. The Hall–Kier alpha value is -1.95. The average molecular weight is 457 g/mol. The van der Waals surface area contributed by atoms with Crippen molar-refractivity contribution in [3.05, 3.63) is 36.3 Å². The van der Waals surface area contributed by atoms with Crippen molar-refractivity contribution in [2.24, 2.45) is 7.05 Å². The van der Waals surface area contributed by atoms with E-state index in [-0.39, 0.29) is 42.2 Å². The SMILES string of the molecule is Cc1nc(S(=O)(=O)N2CCCN(S(=O)(=O)c3ccc(OC(C)C)cc3)CC2)cn1C. The zero-order valence-corrected chi connectivity index (χ0v) is 19.3. The van der Waals surface area contributed by atoms with Crippen molar-refractivity contribution in [2.75, 3.05) is 26.2 Å². The van der Waals surface area contributed by atoms with Gasteiger partial charge in [-0.2, -0.15) is 8.61 Å². The Morgan fingerprint density at radius 2 is 1.50 bits per heavy atom. The number of sulfonamides is 2. The van der Waals surface area contributed by atoms with Gasteiger partial charge in [-0.25, -0.2) is 21.8 Å². The monoisotopic (exact) mass is 456 g/mol. The minimum absolute atomic E-state index is 0.00566. The first kappa shape index (κ1) is 22.7. The number of nitrogens with zero attached hydrogens (tertiary/aromatic N) is 4. The van der Waals surface area contributed by atoms with Crippen LogP contribution in [0, 0.1) is 6.92 Å². The van der Waals surface area contributed by atoms with Gasteiger partial charge < -0.3 is 9.30 Å². The Kier molecular flexibility index (Phi) is 6.56. The summed E-state index contributed by atoms with van der Waals surface area (Å²) in [4.78, 5) is 4.28. The van der Waals surface area contributed by atoms with Crippen molar-refractivity contribution in [2.45, 2.75) is 43.2 Å². The van der Waals surface area contributed by atoms with Gasteiger partial charge in [-0.3, -0.25) is 0 Å². The van der Waals surface area contributed by atoms with Crippen molar-refractivity contribution >= 4 is 20.0 Å². The summed E-state index contributed by atoms with van der Waals surface area (Å²) >= 11 is 0. The van der Waals surface area contributed by atoms with E-state index in [1.807, 2.05) is 13.8 Å². The molecule has 30 heavy (non-hydrogen) atoms. The summed E-state index contributed by atoms with van der Waals surface area (Å²) in [5.41, 5.74) is 0. The van der Waals surface area contributed by atoms with E-state index in [4.69, 9.17) is 4.74 Å². The van der Waals surface area contributed by atoms with Gasteiger partial charge in [-0.15, -0.1) is 0 Å². The Balaban J connectivity index is 1.75. The lowest BCUT2D eigenvalue weighted by molar-refractivity contribution is 0.242. The van der Waals surface area contributed by atoms with Crippen LogP contribution in [0.2, 0.25) is 0 Å². The van der Waals surface area contributed by atoms with E-state index >= 15 is 0 Å². The highest BCUT2D eigenvalue weighted by Crippen LogP contribution is 2.23. The molecule has 0 radical (unpaired) electrons. The van der Waals surface area contributed by atoms with Crippen LogP contribution in [0.25, 0.3) is 0 Å². The molecule has 1 fully saturated rings. The Labute approximate surface area is 178 Å². The van der Waals surface area contributed by atoms with Gasteiger partial charge in [-0.05, 0) is 51.5 Å². The van der Waals surface area contributed by atoms with E-state index in [9.17, 15) is 16.8 Å². The van der Waals surface area contributed by atoms with Crippen LogP contribution < -0.4 is 4.74 Å². The average Bonchev–Trinajstić information content (AvgIpc) is 2.87. The van der Waals surface area contributed by atoms with Crippen molar-refractivity contribution in [1.82, 2.24) is 18.2 Å². The van der Waals surface area contributed by atoms with Crippen LogP contribution in [0.15, 0.2) is 40.4 Å². The molecule has 1 aliphatic rings. The number of imidazole rings is 1. The molecule has 1 aromatic carbocycles. The van der Waals surface area contributed by atoms with Crippen molar-refractivity contribution in [3.8, 4) is 5.75 Å². The molecule has 0 atom stereocenters. The minimum Gasteiger partial charge on any atom is -0.491 e. The van der Waals surface area contributed by atoms with E-state index in [2.05, 4.69) is 4.98 Å². The summed E-state index contributed by atoms with van der Waals surface area (Å²) < 4.78 is 61.8. The summed E-state index contributed by atoms with van der Waals surface area (Å²) in [7, 11) is -5.77. The highest BCUT2D eigenvalue weighted by atomic mass is 32.2. The quantitative estimate of drug-likeness (QED) is 0.654. The first-order chi connectivity index (χ1) is 14.0. The number of benzene rings is 1. The zero-order chi connectivity index (χ0) is 22.1.